The summed E-state index contributed by atoms with van der Waals surface area (Å²) in [6, 6.07) is 55.9. The summed E-state index contributed by atoms with van der Waals surface area (Å²) < 4.78 is 7.50. The maximum absolute atomic E-state index is 5.11. The average molecular weight is 687 g/mol. The van der Waals surface area contributed by atoms with Crippen molar-refractivity contribution in [2.45, 2.75) is 0 Å². The monoisotopic (exact) mass is 686 g/mol. The SMILES string of the molecule is c1ccc(-c2nc(-c3ccccc3)nc(-c3cccc4sc5cc6sc7c(-n8c9ccccc9c9ccccc98)cccc7c6cc5c34)n2)cc1. The number of fused-ring (bicyclic) bond motifs is 9. The van der Waals surface area contributed by atoms with E-state index in [9.17, 15) is 0 Å². The van der Waals surface area contributed by atoms with Crippen LogP contribution in [0.15, 0.2) is 158 Å². The van der Waals surface area contributed by atoms with Crippen molar-refractivity contribution in [3.05, 3.63) is 158 Å². The van der Waals surface area contributed by atoms with Crippen LogP contribution in [0.4, 0.5) is 0 Å². The fourth-order valence-corrected chi connectivity index (χ4v) is 10.0. The lowest BCUT2D eigenvalue weighted by atomic mass is 10.0. The molecule has 11 aromatic rings. The third-order valence-electron chi connectivity index (χ3n) is 9.85. The number of para-hydroxylation sites is 2. The van der Waals surface area contributed by atoms with Crippen molar-refractivity contribution in [1.29, 1.82) is 0 Å². The molecule has 0 amide bonds. The highest BCUT2D eigenvalue weighted by Crippen LogP contribution is 2.46. The fourth-order valence-electron chi connectivity index (χ4n) is 7.58. The lowest BCUT2D eigenvalue weighted by Crippen LogP contribution is -2.00. The molecule has 4 heterocycles. The first kappa shape index (κ1) is 28.6. The summed E-state index contributed by atoms with van der Waals surface area (Å²) in [6.45, 7) is 0. The molecule has 0 saturated heterocycles. The Hall–Kier alpha value is -6.21. The van der Waals surface area contributed by atoms with Gasteiger partial charge in [0, 0.05) is 63.1 Å². The van der Waals surface area contributed by atoms with Crippen LogP contribution in [0, 0.1) is 0 Å². The molecule has 0 N–H and O–H groups in total. The van der Waals surface area contributed by atoms with Crippen LogP contribution in [0.25, 0.3) is 102 Å². The quantitative estimate of drug-likeness (QED) is 0.185. The molecule has 0 atom stereocenters. The third-order valence-corrected chi connectivity index (χ3v) is 12.2. The van der Waals surface area contributed by atoms with E-state index < -0.39 is 0 Å². The minimum absolute atomic E-state index is 0.666. The van der Waals surface area contributed by atoms with Gasteiger partial charge < -0.3 is 4.57 Å². The van der Waals surface area contributed by atoms with Gasteiger partial charge >= 0.3 is 0 Å². The highest BCUT2D eigenvalue weighted by Gasteiger charge is 2.20. The topological polar surface area (TPSA) is 43.6 Å². The van der Waals surface area contributed by atoms with E-state index in [0.717, 1.165) is 16.7 Å². The summed E-state index contributed by atoms with van der Waals surface area (Å²) in [5.41, 5.74) is 6.61. The van der Waals surface area contributed by atoms with Crippen molar-refractivity contribution >= 4 is 84.8 Å². The van der Waals surface area contributed by atoms with Crippen LogP contribution in [-0.2, 0) is 0 Å². The predicted molar refractivity (Wildman–Crippen MR) is 216 cm³/mol. The van der Waals surface area contributed by atoms with Crippen molar-refractivity contribution in [2.75, 3.05) is 0 Å². The van der Waals surface area contributed by atoms with Gasteiger partial charge in [-0.1, -0.05) is 121 Å². The minimum atomic E-state index is 0.666. The van der Waals surface area contributed by atoms with Crippen LogP contribution < -0.4 is 0 Å². The third kappa shape index (κ3) is 4.40. The van der Waals surface area contributed by atoms with Crippen LogP contribution in [-0.4, -0.2) is 19.5 Å². The van der Waals surface area contributed by atoms with Crippen LogP contribution in [0.1, 0.15) is 0 Å². The van der Waals surface area contributed by atoms with E-state index in [1.165, 1.54) is 67.8 Å². The number of nitrogens with zero attached hydrogens (tertiary/aromatic N) is 4. The largest absolute Gasteiger partial charge is 0.308 e. The van der Waals surface area contributed by atoms with Crippen LogP contribution in [0.2, 0.25) is 0 Å². The molecule has 0 radical (unpaired) electrons. The molecule has 0 saturated carbocycles. The van der Waals surface area contributed by atoms with Crippen molar-refractivity contribution in [3.8, 4) is 39.9 Å². The smallest absolute Gasteiger partial charge is 0.164 e. The van der Waals surface area contributed by atoms with Gasteiger partial charge in [-0.2, -0.15) is 0 Å². The highest BCUT2D eigenvalue weighted by atomic mass is 32.1. The fraction of sp³-hybridized carbons (Fsp3) is 0. The normalized spacial score (nSPS) is 11.9. The summed E-state index contributed by atoms with van der Waals surface area (Å²) in [5, 5.41) is 7.49. The Bertz CT molecular complexity index is 3030. The van der Waals surface area contributed by atoms with Crippen molar-refractivity contribution in [3.63, 3.8) is 0 Å². The van der Waals surface area contributed by atoms with E-state index in [4.69, 9.17) is 15.0 Å². The first-order valence-electron chi connectivity index (χ1n) is 16.9. The zero-order valence-corrected chi connectivity index (χ0v) is 28.7. The van der Waals surface area contributed by atoms with E-state index in [1.807, 2.05) is 59.1 Å². The van der Waals surface area contributed by atoms with Crippen LogP contribution in [0.3, 0.4) is 0 Å². The van der Waals surface area contributed by atoms with E-state index in [1.54, 1.807) is 0 Å². The van der Waals surface area contributed by atoms with Gasteiger partial charge in [-0.25, -0.2) is 15.0 Å². The number of rotatable bonds is 4. The van der Waals surface area contributed by atoms with Gasteiger partial charge in [-0.3, -0.25) is 0 Å². The molecule has 4 nitrogen and oxygen atoms in total. The molecule has 4 aromatic heterocycles. The molecule has 0 bridgehead atoms. The van der Waals surface area contributed by atoms with E-state index in [-0.39, 0.29) is 0 Å². The zero-order chi connectivity index (χ0) is 33.5. The Kier molecular flexibility index (Phi) is 6.26. The molecule has 7 aromatic carbocycles. The molecule has 238 valence electrons. The van der Waals surface area contributed by atoms with Gasteiger partial charge in [-0.15, -0.1) is 22.7 Å². The maximum Gasteiger partial charge on any atom is 0.164 e. The summed E-state index contributed by atoms with van der Waals surface area (Å²) in [7, 11) is 0. The predicted octanol–water partition coefficient (Wildman–Crippen LogP) is 12.7. The average Bonchev–Trinajstić information content (AvgIpc) is 3.86. The Morgan fingerprint density at radius 2 is 0.961 bits per heavy atom. The maximum atomic E-state index is 5.11. The lowest BCUT2D eigenvalue weighted by Gasteiger charge is -2.09. The van der Waals surface area contributed by atoms with Crippen molar-refractivity contribution in [1.82, 2.24) is 19.5 Å². The molecule has 0 spiro atoms. The summed E-state index contributed by atoms with van der Waals surface area (Å²) in [6.07, 6.45) is 0. The van der Waals surface area contributed by atoms with Gasteiger partial charge in [0.05, 0.1) is 21.4 Å². The first-order valence-corrected chi connectivity index (χ1v) is 18.6. The van der Waals surface area contributed by atoms with E-state index >= 15 is 0 Å². The Morgan fingerprint density at radius 1 is 0.392 bits per heavy atom. The molecular weight excluding hydrogens is 661 g/mol. The molecule has 0 unspecified atom stereocenters. The molecule has 0 aliphatic carbocycles. The highest BCUT2D eigenvalue weighted by molar-refractivity contribution is 7.28. The zero-order valence-electron chi connectivity index (χ0n) is 27.1. The Morgan fingerprint density at radius 3 is 1.65 bits per heavy atom. The molecule has 6 heteroatoms. The Balaban J connectivity index is 1.16. The molecule has 51 heavy (non-hydrogen) atoms. The minimum Gasteiger partial charge on any atom is -0.308 e. The van der Waals surface area contributed by atoms with E-state index in [0.29, 0.717) is 17.5 Å². The molecule has 0 aliphatic rings. The Labute approximate surface area is 300 Å². The summed E-state index contributed by atoms with van der Waals surface area (Å²) >= 11 is 3.71. The van der Waals surface area contributed by atoms with Gasteiger partial charge in [0.25, 0.3) is 0 Å². The van der Waals surface area contributed by atoms with Gasteiger partial charge in [-0.05, 0) is 36.4 Å². The van der Waals surface area contributed by atoms with Crippen molar-refractivity contribution < 1.29 is 0 Å². The van der Waals surface area contributed by atoms with Gasteiger partial charge in [0.1, 0.15) is 0 Å². The first-order chi connectivity index (χ1) is 25.3. The number of hydrogen-bond donors (Lipinski definition) is 0. The number of benzene rings is 7. The number of thiophene rings is 2. The summed E-state index contributed by atoms with van der Waals surface area (Å²) in [4.78, 5) is 15.2. The lowest BCUT2D eigenvalue weighted by molar-refractivity contribution is 1.08. The van der Waals surface area contributed by atoms with Gasteiger partial charge in [0.2, 0.25) is 0 Å². The molecule has 0 fully saturated rings. The number of aromatic nitrogens is 4. The van der Waals surface area contributed by atoms with E-state index in [2.05, 4.69) is 126 Å². The molecule has 11 rings (SSSR count). The van der Waals surface area contributed by atoms with Crippen molar-refractivity contribution in [2.24, 2.45) is 0 Å². The second kappa shape index (κ2) is 11.2. The summed E-state index contributed by atoms with van der Waals surface area (Å²) in [5.74, 6) is 2.01. The second-order valence-electron chi connectivity index (χ2n) is 12.8. The second-order valence-corrected chi connectivity index (χ2v) is 14.9. The number of hydrogen-bond acceptors (Lipinski definition) is 5. The molecule has 0 aliphatic heterocycles. The van der Waals surface area contributed by atoms with Crippen LogP contribution in [0.5, 0.6) is 0 Å². The molecular formula is C45H26N4S2. The van der Waals surface area contributed by atoms with Crippen LogP contribution >= 0.6 is 22.7 Å². The standard InChI is InChI=1S/C45H26N4S2/c1-3-13-27(14-4-1)43-46-44(28-15-5-2-6-16-28)48-45(47-43)32-20-12-24-38-41(32)34-25-33-31-19-11-23-37(42(31)51-39(33)26-40(34)50-38)49-35-21-9-7-17-29(35)30-18-8-10-22-36(30)49/h1-26H. The van der Waals surface area contributed by atoms with Gasteiger partial charge in [0.15, 0.2) is 17.5 Å².